The number of carbonyl (C=O) groups is 1. The Morgan fingerprint density at radius 1 is 1.20 bits per heavy atom. The van der Waals surface area contributed by atoms with Gasteiger partial charge in [-0.05, 0) is 30.7 Å². The van der Waals surface area contributed by atoms with E-state index < -0.39 is 5.97 Å². The first-order valence-electron chi connectivity index (χ1n) is 6.78. The van der Waals surface area contributed by atoms with E-state index in [0.717, 1.165) is 11.4 Å². The number of fused-ring (bicyclic) bond motifs is 3. The molecule has 0 amide bonds. The van der Waals surface area contributed by atoms with Crippen LogP contribution in [-0.2, 0) is 10.2 Å². The van der Waals surface area contributed by atoms with Gasteiger partial charge in [-0.2, -0.15) is 4.58 Å². The molecule has 0 aliphatic carbocycles. The highest BCUT2D eigenvalue weighted by atomic mass is 16.4. The van der Waals surface area contributed by atoms with Crippen LogP contribution < -0.4 is 0 Å². The molecule has 1 aliphatic heterocycles. The highest BCUT2D eigenvalue weighted by Gasteiger charge is 2.44. The number of aliphatic carboxylic acids is 1. The first-order chi connectivity index (χ1) is 9.43. The van der Waals surface area contributed by atoms with E-state index in [9.17, 15) is 4.79 Å². The monoisotopic (exact) mass is 268 g/mol. The van der Waals surface area contributed by atoms with Gasteiger partial charge in [-0.1, -0.05) is 24.3 Å². The third-order valence-corrected chi connectivity index (χ3v) is 4.43. The fourth-order valence-corrected chi connectivity index (χ4v) is 3.18. The number of hydrogen-bond donors (Lipinski definition) is 1. The van der Waals surface area contributed by atoms with Crippen LogP contribution in [0.4, 0.5) is 5.69 Å². The Morgan fingerprint density at radius 3 is 2.60 bits per heavy atom. The normalized spacial score (nSPS) is 16.6. The maximum absolute atomic E-state index is 11.1. The summed E-state index contributed by atoms with van der Waals surface area (Å²) < 4.78 is 1.92. The minimum Gasteiger partial charge on any atom is -0.477 e. The van der Waals surface area contributed by atoms with Crippen molar-refractivity contribution in [2.75, 3.05) is 6.54 Å². The molecule has 3 rings (SSSR count). The van der Waals surface area contributed by atoms with Crippen molar-refractivity contribution in [3.05, 3.63) is 42.0 Å². The second-order valence-electron chi connectivity index (χ2n) is 5.87. The highest BCUT2D eigenvalue weighted by molar-refractivity contribution is 6.01. The molecule has 20 heavy (non-hydrogen) atoms. The van der Waals surface area contributed by atoms with Gasteiger partial charge in [0.25, 0.3) is 0 Å². The lowest BCUT2D eigenvalue weighted by atomic mass is 9.80. The third-order valence-electron chi connectivity index (χ3n) is 4.43. The number of carboxylic acids is 1. The van der Waals surface area contributed by atoms with Gasteiger partial charge < -0.3 is 5.11 Å². The van der Waals surface area contributed by atoms with Crippen LogP contribution in [0.2, 0.25) is 0 Å². The van der Waals surface area contributed by atoms with Gasteiger partial charge in [-0.15, -0.1) is 0 Å². The van der Waals surface area contributed by atoms with E-state index >= 15 is 0 Å². The van der Waals surface area contributed by atoms with Gasteiger partial charge >= 0.3 is 5.97 Å². The molecule has 0 radical (unpaired) electrons. The first-order valence-corrected chi connectivity index (χ1v) is 6.78. The zero-order chi connectivity index (χ0) is 14.5. The van der Waals surface area contributed by atoms with Crippen molar-refractivity contribution in [2.45, 2.75) is 26.2 Å². The Morgan fingerprint density at radius 2 is 1.90 bits per heavy atom. The molecule has 1 aliphatic rings. The van der Waals surface area contributed by atoms with Gasteiger partial charge in [0.2, 0.25) is 12.2 Å². The van der Waals surface area contributed by atoms with Gasteiger partial charge in [0.15, 0.2) is 5.71 Å². The quantitative estimate of drug-likeness (QED) is 0.849. The predicted octanol–water partition coefficient (Wildman–Crippen LogP) is 3.32. The van der Waals surface area contributed by atoms with E-state index in [1.165, 1.54) is 16.3 Å². The predicted molar refractivity (Wildman–Crippen MR) is 80.1 cm³/mol. The van der Waals surface area contributed by atoms with E-state index in [1.54, 1.807) is 0 Å². The molecule has 3 nitrogen and oxygen atoms in total. The Bertz CT molecular complexity index is 757. The average Bonchev–Trinajstić information content (AvgIpc) is 2.60. The highest BCUT2D eigenvalue weighted by Crippen LogP contribution is 2.43. The van der Waals surface area contributed by atoms with Crippen LogP contribution in [0.25, 0.3) is 10.8 Å². The summed E-state index contributed by atoms with van der Waals surface area (Å²) in [6.07, 6.45) is 0. The summed E-state index contributed by atoms with van der Waals surface area (Å²) in [5, 5.41) is 11.6. The molecular formula is C17H18NO2+. The number of rotatable bonds is 2. The minimum atomic E-state index is -0.804. The zero-order valence-electron chi connectivity index (χ0n) is 12.0. The molecule has 0 bridgehead atoms. The maximum atomic E-state index is 11.1. The Labute approximate surface area is 118 Å². The van der Waals surface area contributed by atoms with Crippen molar-refractivity contribution < 1.29 is 14.5 Å². The second-order valence-corrected chi connectivity index (χ2v) is 5.87. The van der Waals surface area contributed by atoms with E-state index in [1.807, 2.05) is 29.7 Å². The molecule has 0 fully saturated rings. The molecular weight excluding hydrogens is 250 g/mol. The lowest BCUT2D eigenvalue weighted by molar-refractivity contribution is -0.429. The van der Waals surface area contributed by atoms with Crippen LogP contribution in [0.3, 0.4) is 0 Å². The van der Waals surface area contributed by atoms with Gasteiger partial charge in [-0.25, -0.2) is 4.79 Å². The number of nitrogens with zero attached hydrogens (tertiary/aromatic N) is 1. The van der Waals surface area contributed by atoms with Crippen molar-refractivity contribution in [1.82, 2.24) is 0 Å². The van der Waals surface area contributed by atoms with Crippen molar-refractivity contribution in [1.29, 1.82) is 0 Å². The molecule has 1 heterocycles. The van der Waals surface area contributed by atoms with Gasteiger partial charge in [-0.3, -0.25) is 0 Å². The van der Waals surface area contributed by atoms with Gasteiger partial charge in [0.1, 0.15) is 0 Å². The minimum absolute atomic E-state index is 0.0145. The van der Waals surface area contributed by atoms with Crippen molar-refractivity contribution in [3.63, 3.8) is 0 Å². The molecule has 2 aromatic rings. The number of carboxylic acid groups (broad SMARTS) is 1. The van der Waals surface area contributed by atoms with Crippen LogP contribution >= 0.6 is 0 Å². The Hall–Kier alpha value is -2.16. The van der Waals surface area contributed by atoms with Crippen LogP contribution in [-0.4, -0.2) is 27.9 Å². The van der Waals surface area contributed by atoms with Crippen LogP contribution in [0.5, 0.6) is 0 Å². The fourth-order valence-electron chi connectivity index (χ4n) is 3.18. The molecule has 1 N–H and O–H groups in total. The molecule has 0 spiro atoms. The molecule has 0 saturated carbocycles. The number of hydrogen-bond acceptors (Lipinski definition) is 1. The average molecular weight is 268 g/mol. The number of benzene rings is 2. The smallest absolute Gasteiger partial charge is 0.370 e. The standard InChI is InChI=1S/C17H17NO2/c1-11-17(2,3)16-13-7-5-4-6-12(13)8-9-14(16)18(11)10-15(19)20/h4-9H,10H2,1-3H3/p+1. The van der Waals surface area contributed by atoms with Crippen LogP contribution in [0.15, 0.2) is 36.4 Å². The summed E-state index contributed by atoms with van der Waals surface area (Å²) in [5.74, 6) is -0.804. The zero-order valence-corrected chi connectivity index (χ0v) is 12.0. The molecule has 0 atom stereocenters. The SMILES string of the molecule is CC1=[N+](CC(=O)O)c2ccc3ccccc3c2C1(C)C. The molecule has 3 heteroatoms. The van der Waals surface area contributed by atoms with Crippen molar-refractivity contribution >= 4 is 28.1 Å². The molecule has 0 unspecified atom stereocenters. The lowest BCUT2D eigenvalue weighted by Crippen LogP contribution is -2.28. The maximum Gasteiger partial charge on any atom is 0.370 e. The fraction of sp³-hybridized carbons (Fsp3) is 0.294. The largest absolute Gasteiger partial charge is 0.477 e. The molecule has 0 saturated heterocycles. The Kier molecular flexibility index (Phi) is 2.68. The summed E-state index contributed by atoms with van der Waals surface area (Å²) in [5.41, 5.74) is 3.19. The topological polar surface area (TPSA) is 40.3 Å². The summed E-state index contributed by atoms with van der Waals surface area (Å²) in [7, 11) is 0. The first kappa shape index (κ1) is 12.9. The van der Waals surface area contributed by atoms with Gasteiger partial charge in [0, 0.05) is 18.6 Å². The lowest BCUT2D eigenvalue weighted by Gasteiger charge is -2.17. The van der Waals surface area contributed by atoms with E-state index in [0.29, 0.717) is 0 Å². The van der Waals surface area contributed by atoms with E-state index in [2.05, 4.69) is 32.0 Å². The molecule has 102 valence electrons. The van der Waals surface area contributed by atoms with Gasteiger partial charge in [0.05, 0.1) is 5.41 Å². The molecule has 2 aromatic carbocycles. The Balaban J connectivity index is 2.34. The summed E-state index contributed by atoms with van der Waals surface area (Å²) >= 11 is 0. The van der Waals surface area contributed by atoms with E-state index in [-0.39, 0.29) is 12.0 Å². The van der Waals surface area contributed by atoms with E-state index in [4.69, 9.17) is 5.11 Å². The van der Waals surface area contributed by atoms with Crippen molar-refractivity contribution in [2.24, 2.45) is 0 Å². The second kappa shape index (κ2) is 4.17. The van der Waals surface area contributed by atoms with Crippen LogP contribution in [0.1, 0.15) is 26.3 Å². The summed E-state index contributed by atoms with van der Waals surface area (Å²) in [6.45, 7) is 6.36. The summed E-state index contributed by atoms with van der Waals surface area (Å²) in [4.78, 5) is 11.1. The molecule has 0 aromatic heterocycles. The van der Waals surface area contributed by atoms with Crippen molar-refractivity contribution in [3.8, 4) is 0 Å². The third kappa shape index (κ3) is 1.66. The summed E-state index contributed by atoms with van der Waals surface area (Å²) in [6, 6.07) is 12.4. The van der Waals surface area contributed by atoms with Crippen LogP contribution in [0, 0.1) is 0 Å².